The first-order chi connectivity index (χ1) is 7.16. The molecule has 0 N–H and O–H groups in total. The minimum absolute atomic E-state index is 0.0979. The number of rotatable bonds is 3. The molecule has 7 heteroatoms. The topological polar surface area (TPSA) is 78.5 Å². The number of aryl methyl sites for hydroxylation is 1. The molecule has 0 aliphatic carbocycles. The molecule has 0 spiro atoms. The molecule has 0 radical (unpaired) electrons. The Morgan fingerprint density at radius 3 is 2.87 bits per heavy atom. The van der Waals surface area contributed by atoms with Gasteiger partial charge in [0.1, 0.15) is 24.4 Å². The van der Waals surface area contributed by atoms with Gasteiger partial charge in [0.05, 0.1) is 6.20 Å². The number of hydrogen-bond acceptors (Lipinski definition) is 5. The number of Topliss-reactive ketones (excluding diaryl/α,β-unsaturated/α-hetero) is 1. The van der Waals surface area contributed by atoms with Crippen LogP contribution < -0.4 is 0 Å². The highest BCUT2D eigenvalue weighted by molar-refractivity contribution is 5.91. The summed E-state index contributed by atoms with van der Waals surface area (Å²) in [6, 6.07) is 0. The summed E-state index contributed by atoms with van der Waals surface area (Å²) in [5, 5.41) is 11.5. The minimum Gasteiger partial charge on any atom is -0.293 e. The van der Waals surface area contributed by atoms with Crippen molar-refractivity contribution in [2.24, 2.45) is 7.05 Å². The first-order valence-electron chi connectivity index (χ1n) is 4.41. The van der Waals surface area contributed by atoms with Crippen molar-refractivity contribution < 1.29 is 4.79 Å². The third-order valence-electron chi connectivity index (χ3n) is 2.01. The second kappa shape index (κ2) is 3.60. The lowest BCUT2D eigenvalue weighted by atomic mass is 10.3. The molecule has 2 heterocycles. The van der Waals surface area contributed by atoms with Gasteiger partial charge in [0.2, 0.25) is 0 Å². The molecule has 15 heavy (non-hydrogen) atoms. The fraction of sp³-hybridized carbons (Fsp3) is 0.375. The molecule has 2 aromatic heterocycles. The van der Waals surface area contributed by atoms with Gasteiger partial charge in [-0.1, -0.05) is 5.21 Å². The van der Waals surface area contributed by atoms with Crippen LogP contribution in [0.4, 0.5) is 0 Å². The van der Waals surface area contributed by atoms with E-state index in [9.17, 15) is 4.79 Å². The normalized spacial score (nSPS) is 10.5. The quantitative estimate of drug-likeness (QED) is 0.642. The largest absolute Gasteiger partial charge is 0.293 e. The Kier molecular flexibility index (Phi) is 2.28. The molecule has 0 aliphatic heterocycles. The van der Waals surface area contributed by atoms with Gasteiger partial charge in [-0.25, -0.2) is 9.67 Å². The van der Waals surface area contributed by atoms with Crippen LogP contribution in [0.1, 0.15) is 23.2 Å². The summed E-state index contributed by atoms with van der Waals surface area (Å²) in [6.07, 6.45) is 3.06. The van der Waals surface area contributed by atoms with Gasteiger partial charge in [-0.15, -0.1) is 5.10 Å². The van der Waals surface area contributed by atoms with E-state index in [2.05, 4.69) is 20.4 Å². The molecule has 0 saturated carbocycles. The van der Waals surface area contributed by atoms with E-state index in [1.54, 1.807) is 22.6 Å². The summed E-state index contributed by atoms with van der Waals surface area (Å²) in [5.74, 6) is 0.661. The van der Waals surface area contributed by atoms with E-state index in [-0.39, 0.29) is 5.78 Å². The number of ketones is 1. The molecule has 0 aliphatic rings. The van der Waals surface area contributed by atoms with Crippen LogP contribution in [-0.2, 0) is 13.6 Å². The van der Waals surface area contributed by atoms with Crippen LogP contribution in [0.3, 0.4) is 0 Å². The number of aromatic nitrogens is 6. The zero-order valence-electron chi connectivity index (χ0n) is 8.45. The van der Waals surface area contributed by atoms with E-state index in [1.807, 2.05) is 0 Å². The van der Waals surface area contributed by atoms with Gasteiger partial charge >= 0.3 is 0 Å². The van der Waals surface area contributed by atoms with Crippen molar-refractivity contribution in [1.82, 2.24) is 29.8 Å². The van der Waals surface area contributed by atoms with Crippen molar-refractivity contribution in [3.8, 4) is 0 Å². The van der Waals surface area contributed by atoms with E-state index < -0.39 is 0 Å². The summed E-state index contributed by atoms with van der Waals surface area (Å²) < 4.78 is 3.20. The predicted molar refractivity (Wildman–Crippen MR) is 50.1 cm³/mol. The van der Waals surface area contributed by atoms with Gasteiger partial charge in [0.25, 0.3) is 0 Å². The third-order valence-corrected chi connectivity index (χ3v) is 2.01. The smallest absolute Gasteiger partial charge is 0.181 e. The Labute approximate surface area is 85.7 Å². The SMILES string of the molecule is CC(=O)c1cn(Cc2ncnn2C)nn1. The van der Waals surface area contributed by atoms with Crippen molar-refractivity contribution >= 4 is 5.78 Å². The van der Waals surface area contributed by atoms with Crippen LogP contribution in [0.15, 0.2) is 12.5 Å². The van der Waals surface area contributed by atoms with E-state index in [0.29, 0.717) is 12.2 Å². The second-order valence-electron chi connectivity index (χ2n) is 3.16. The van der Waals surface area contributed by atoms with Crippen LogP contribution in [0.25, 0.3) is 0 Å². The Balaban J connectivity index is 2.18. The Bertz CT molecular complexity index is 485. The maximum absolute atomic E-state index is 11.0. The molecular formula is C8H10N6O. The summed E-state index contributed by atoms with van der Waals surface area (Å²) in [5.41, 5.74) is 0.358. The maximum Gasteiger partial charge on any atom is 0.181 e. The molecule has 0 unspecified atom stereocenters. The molecular weight excluding hydrogens is 196 g/mol. The predicted octanol–water partition coefficient (Wildman–Crippen LogP) is -0.343. The highest BCUT2D eigenvalue weighted by Crippen LogP contribution is 1.98. The zero-order chi connectivity index (χ0) is 10.8. The molecule has 2 rings (SSSR count). The monoisotopic (exact) mass is 206 g/mol. The summed E-state index contributed by atoms with van der Waals surface area (Å²) in [7, 11) is 1.80. The number of nitrogens with zero attached hydrogens (tertiary/aromatic N) is 6. The van der Waals surface area contributed by atoms with Gasteiger partial charge < -0.3 is 0 Å². The fourth-order valence-corrected chi connectivity index (χ4v) is 1.15. The van der Waals surface area contributed by atoms with Crippen LogP contribution in [-0.4, -0.2) is 35.5 Å². The molecule has 0 fully saturated rings. The van der Waals surface area contributed by atoms with Crippen molar-refractivity contribution in [1.29, 1.82) is 0 Å². The van der Waals surface area contributed by atoms with E-state index in [0.717, 1.165) is 5.82 Å². The summed E-state index contributed by atoms with van der Waals surface area (Å²) >= 11 is 0. The second-order valence-corrected chi connectivity index (χ2v) is 3.16. The lowest BCUT2D eigenvalue weighted by Gasteiger charge is -1.98. The molecule has 0 amide bonds. The Morgan fingerprint density at radius 2 is 2.33 bits per heavy atom. The Hall–Kier alpha value is -2.05. The fourth-order valence-electron chi connectivity index (χ4n) is 1.15. The number of carbonyl (C=O) groups is 1. The third kappa shape index (κ3) is 1.90. The van der Waals surface area contributed by atoms with Crippen LogP contribution in [0.5, 0.6) is 0 Å². The van der Waals surface area contributed by atoms with E-state index in [1.165, 1.54) is 13.3 Å². The number of hydrogen-bond donors (Lipinski definition) is 0. The van der Waals surface area contributed by atoms with Crippen LogP contribution in [0, 0.1) is 0 Å². The van der Waals surface area contributed by atoms with E-state index >= 15 is 0 Å². The Morgan fingerprint density at radius 1 is 1.53 bits per heavy atom. The minimum atomic E-state index is -0.0979. The molecule has 0 bridgehead atoms. The van der Waals surface area contributed by atoms with Crippen molar-refractivity contribution in [2.75, 3.05) is 0 Å². The lowest BCUT2D eigenvalue weighted by Crippen LogP contribution is -2.07. The summed E-state index contributed by atoms with van der Waals surface area (Å²) in [4.78, 5) is 15.0. The highest BCUT2D eigenvalue weighted by Gasteiger charge is 2.07. The first kappa shape index (κ1) is 9.50. The summed E-state index contributed by atoms with van der Waals surface area (Å²) in [6.45, 7) is 1.91. The highest BCUT2D eigenvalue weighted by atomic mass is 16.1. The van der Waals surface area contributed by atoms with Gasteiger partial charge in [0, 0.05) is 14.0 Å². The van der Waals surface area contributed by atoms with Crippen molar-refractivity contribution in [2.45, 2.75) is 13.5 Å². The first-order valence-corrected chi connectivity index (χ1v) is 4.41. The van der Waals surface area contributed by atoms with Crippen molar-refractivity contribution in [3.05, 3.63) is 24.0 Å². The lowest BCUT2D eigenvalue weighted by molar-refractivity contribution is 0.101. The molecule has 0 aromatic carbocycles. The zero-order valence-corrected chi connectivity index (χ0v) is 8.45. The van der Waals surface area contributed by atoms with Crippen molar-refractivity contribution in [3.63, 3.8) is 0 Å². The average Bonchev–Trinajstić information content (AvgIpc) is 2.77. The van der Waals surface area contributed by atoms with E-state index in [4.69, 9.17) is 0 Å². The number of carbonyl (C=O) groups excluding carboxylic acids is 1. The van der Waals surface area contributed by atoms with Gasteiger partial charge in [-0.2, -0.15) is 5.10 Å². The molecule has 0 saturated heterocycles. The average molecular weight is 206 g/mol. The van der Waals surface area contributed by atoms with Gasteiger partial charge in [-0.3, -0.25) is 9.48 Å². The van der Waals surface area contributed by atoms with Crippen LogP contribution in [0.2, 0.25) is 0 Å². The molecule has 0 atom stereocenters. The molecule has 78 valence electrons. The van der Waals surface area contributed by atoms with Gasteiger partial charge in [0.15, 0.2) is 5.78 Å². The maximum atomic E-state index is 11.0. The molecule has 7 nitrogen and oxygen atoms in total. The van der Waals surface area contributed by atoms with Crippen LogP contribution >= 0.6 is 0 Å². The molecule has 2 aromatic rings. The standard InChI is InChI=1S/C8H10N6O/c1-6(15)7-3-14(12-11-7)4-8-9-5-10-13(8)2/h3,5H,4H2,1-2H3. The van der Waals surface area contributed by atoms with Gasteiger partial charge in [-0.05, 0) is 0 Å².